The second-order valence-electron chi connectivity index (χ2n) is 6.07. The van der Waals surface area contributed by atoms with E-state index in [0.29, 0.717) is 11.5 Å². The Bertz CT molecular complexity index is 579. The lowest BCUT2D eigenvalue weighted by atomic mass is 9.96. The largest absolute Gasteiger partial charge is 0.506 e. The van der Waals surface area contributed by atoms with E-state index in [1.807, 2.05) is 0 Å². The van der Waals surface area contributed by atoms with Gasteiger partial charge in [0.05, 0.1) is 15.5 Å². The van der Waals surface area contributed by atoms with Crippen LogP contribution < -0.4 is 5.32 Å². The van der Waals surface area contributed by atoms with E-state index in [-0.39, 0.29) is 47.3 Å². The molecular formula is C15H22Cl3N3O3. The fraction of sp³-hybridized carbons (Fsp3) is 0.600. The van der Waals surface area contributed by atoms with Crippen LogP contribution in [0, 0.1) is 16.0 Å². The van der Waals surface area contributed by atoms with E-state index in [4.69, 9.17) is 11.6 Å². The summed E-state index contributed by atoms with van der Waals surface area (Å²) in [6, 6.07) is 2.65. The molecule has 0 aromatic heterocycles. The number of piperazine rings is 1. The fourth-order valence-corrected chi connectivity index (χ4v) is 3.34. The van der Waals surface area contributed by atoms with Crippen LogP contribution >= 0.6 is 36.4 Å². The van der Waals surface area contributed by atoms with Gasteiger partial charge in [-0.1, -0.05) is 24.4 Å². The number of benzene rings is 1. The molecule has 0 amide bonds. The molecule has 2 N–H and O–H groups in total. The summed E-state index contributed by atoms with van der Waals surface area (Å²) in [5.41, 5.74) is 0.345. The first-order valence-electron chi connectivity index (χ1n) is 7.68. The van der Waals surface area contributed by atoms with Crippen molar-refractivity contribution in [2.75, 3.05) is 26.2 Å². The predicted octanol–water partition coefficient (Wildman–Crippen LogP) is 3.54. The van der Waals surface area contributed by atoms with E-state index in [0.717, 1.165) is 45.4 Å². The number of phenolic OH excluding ortho intramolecular Hbond substituents is 1. The van der Waals surface area contributed by atoms with Crippen molar-refractivity contribution in [3.05, 3.63) is 32.8 Å². The highest BCUT2D eigenvalue weighted by atomic mass is 35.5. The molecule has 1 aromatic carbocycles. The Balaban J connectivity index is 0.00000144. The summed E-state index contributed by atoms with van der Waals surface area (Å²) in [6.45, 7) is 3.35. The molecule has 9 heteroatoms. The maximum absolute atomic E-state index is 11.4. The molecule has 24 heavy (non-hydrogen) atoms. The van der Waals surface area contributed by atoms with Gasteiger partial charge in [-0.2, -0.15) is 0 Å². The first kappa shape index (κ1) is 21.3. The normalized spacial score (nSPS) is 19.0. The van der Waals surface area contributed by atoms with Gasteiger partial charge in [0.1, 0.15) is 5.75 Å². The van der Waals surface area contributed by atoms with Crippen LogP contribution in [-0.4, -0.2) is 41.1 Å². The standard InChI is InChI=1S/C15H20ClN3O3.2ClH/c16-11-3-4-12(19(21)22)14(15(11)20)13(9-10-1-2-10)18-7-5-17-6-8-18;;/h3-4,10,13,17,20H,1-2,5-9H2;2*1H/t13-;;/m1../s1. The van der Waals surface area contributed by atoms with Gasteiger partial charge < -0.3 is 10.4 Å². The topological polar surface area (TPSA) is 78.6 Å². The maximum atomic E-state index is 11.4. The average Bonchev–Trinajstić information content (AvgIpc) is 3.32. The number of aromatic hydroxyl groups is 1. The van der Waals surface area contributed by atoms with Crippen LogP contribution in [0.5, 0.6) is 5.75 Å². The molecule has 0 radical (unpaired) electrons. The number of phenols is 1. The zero-order chi connectivity index (χ0) is 15.7. The Labute approximate surface area is 158 Å². The molecule has 136 valence electrons. The summed E-state index contributed by atoms with van der Waals surface area (Å²) in [5, 5.41) is 25.2. The van der Waals surface area contributed by atoms with Crippen molar-refractivity contribution < 1.29 is 10.0 Å². The number of halogens is 3. The molecule has 2 fully saturated rings. The summed E-state index contributed by atoms with van der Waals surface area (Å²) >= 11 is 6.02. The molecular weight excluding hydrogens is 377 g/mol. The Kier molecular flexibility index (Phi) is 8.02. The first-order valence-corrected chi connectivity index (χ1v) is 8.06. The molecule has 0 spiro atoms. The lowest BCUT2D eigenvalue weighted by Crippen LogP contribution is -2.45. The molecule has 1 saturated heterocycles. The van der Waals surface area contributed by atoms with Gasteiger partial charge in [0, 0.05) is 38.3 Å². The SMILES string of the molecule is Cl.Cl.O=[N+]([O-])c1ccc(Cl)c(O)c1[C@@H](CC1CC1)N1CCNCC1. The number of nitrogens with zero attached hydrogens (tertiary/aromatic N) is 2. The Morgan fingerprint density at radius 3 is 2.50 bits per heavy atom. The van der Waals surface area contributed by atoms with E-state index in [1.54, 1.807) is 0 Å². The van der Waals surface area contributed by atoms with Crippen molar-refractivity contribution in [2.45, 2.75) is 25.3 Å². The van der Waals surface area contributed by atoms with E-state index >= 15 is 0 Å². The summed E-state index contributed by atoms with van der Waals surface area (Å²) in [5.74, 6) is 0.456. The fourth-order valence-electron chi connectivity index (χ4n) is 3.17. The van der Waals surface area contributed by atoms with E-state index < -0.39 is 4.92 Å². The number of hydrogen-bond donors (Lipinski definition) is 2. The molecule has 3 rings (SSSR count). The van der Waals surface area contributed by atoms with Crippen LogP contribution in [-0.2, 0) is 0 Å². The second-order valence-corrected chi connectivity index (χ2v) is 6.47. The van der Waals surface area contributed by atoms with E-state index in [1.165, 1.54) is 12.1 Å². The zero-order valence-corrected chi connectivity index (χ0v) is 15.5. The van der Waals surface area contributed by atoms with Gasteiger partial charge >= 0.3 is 0 Å². The van der Waals surface area contributed by atoms with Gasteiger partial charge in [0.25, 0.3) is 5.69 Å². The highest BCUT2D eigenvalue weighted by Gasteiger charge is 2.36. The van der Waals surface area contributed by atoms with E-state index in [9.17, 15) is 15.2 Å². The van der Waals surface area contributed by atoms with Crippen molar-refractivity contribution >= 4 is 42.1 Å². The minimum absolute atomic E-state index is 0. The van der Waals surface area contributed by atoms with Crippen LogP contribution in [0.3, 0.4) is 0 Å². The molecule has 1 atom stereocenters. The number of nitrogens with one attached hydrogen (secondary N) is 1. The molecule has 2 aliphatic rings. The van der Waals surface area contributed by atoms with Crippen molar-refractivity contribution in [1.82, 2.24) is 10.2 Å². The number of hydrogen-bond acceptors (Lipinski definition) is 5. The van der Waals surface area contributed by atoms with Gasteiger partial charge in [0.15, 0.2) is 0 Å². The van der Waals surface area contributed by atoms with Crippen molar-refractivity contribution in [1.29, 1.82) is 0 Å². The quantitative estimate of drug-likeness (QED) is 0.586. The molecule has 6 nitrogen and oxygen atoms in total. The van der Waals surface area contributed by atoms with Gasteiger partial charge in [-0.15, -0.1) is 24.8 Å². The van der Waals surface area contributed by atoms with Crippen molar-refractivity contribution in [3.8, 4) is 5.75 Å². The van der Waals surface area contributed by atoms with Crippen LogP contribution in [0.15, 0.2) is 12.1 Å². The number of rotatable bonds is 5. The van der Waals surface area contributed by atoms with Gasteiger partial charge in [-0.3, -0.25) is 15.0 Å². The molecule has 1 aliphatic carbocycles. The van der Waals surface area contributed by atoms with Crippen molar-refractivity contribution in [2.24, 2.45) is 5.92 Å². The zero-order valence-electron chi connectivity index (χ0n) is 13.1. The Hall–Kier alpha value is -0.790. The first-order chi connectivity index (χ1) is 10.6. The summed E-state index contributed by atoms with van der Waals surface area (Å²) in [6.07, 6.45) is 3.17. The van der Waals surface area contributed by atoms with Crippen LogP contribution in [0.4, 0.5) is 5.69 Å². The summed E-state index contributed by atoms with van der Waals surface area (Å²) in [4.78, 5) is 13.2. The molecule has 1 saturated carbocycles. The molecule has 1 aromatic rings. The smallest absolute Gasteiger partial charge is 0.278 e. The summed E-state index contributed by atoms with van der Waals surface area (Å²) < 4.78 is 0. The maximum Gasteiger partial charge on any atom is 0.278 e. The summed E-state index contributed by atoms with van der Waals surface area (Å²) in [7, 11) is 0. The molecule has 0 bridgehead atoms. The molecule has 1 heterocycles. The van der Waals surface area contributed by atoms with Crippen LogP contribution in [0.2, 0.25) is 5.02 Å². The molecule has 1 aliphatic heterocycles. The third-order valence-electron chi connectivity index (χ3n) is 4.52. The third-order valence-corrected chi connectivity index (χ3v) is 4.83. The minimum Gasteiger partial charge on any atom is -0.506 e. The Morgan fingerprint density at radius 1 is 1.33 bits per heavy atom. The number of nitro groups is 1. The van der Waals surface area contributed by atoms with Gasteiger partial charge in [-0.05, 0) is 18.4 Å². The van der Waals surface area contributed by atoms with Gasteiger partial charge in [0.2, 0.25) is 0 Å². The highest BCUT2D eigenvalue weighted by Crippen LogP contribution is 2.47. The van der Waals surface area contributed by atoms with Gasteiger partial charge in [-0.25, -0.2) is 0 Å². The minimum atomic E-state index is -0.423. The lowest BCUT2D eigenvalue weighted by molar-refractivity contribution is -0.386. The third kappa shape index (κ3) is 4.64. The van der Waals surface area contributed by atoms with E-state index in [2.05, 4.69) is 10.2 Å². The lowest BCUT2D eigenvalue weighted by Gasteiger charge is -2.35. The monoisotopic (exact) mass is 397 g/mol. The number of nitro benzene ring substituents is 1. The van der Waals surface area contributed by atoms with Crippen LogP contribution in [0.25, 0.3) is 0 Å². The highest BCUT2D eigenvalue weighted by molar-refractivity contribution is 6.32. The predicted molar refractivity (Wildman–Crippen MR) is 98.8 cm³/mol. The van der Waals surface area contributed by atoms with Crippen LogP contribution in [0.1, 0.15) is 30.9 Å². The molecule has 0 unspecified atom stereocenters. The van der Waals surface area contributed by atoms with Crippen molar-refractivity contribution in [3.63, 3.8) is 0 Å². The average molecular weight is 399 g/mol. The Morgan fingerprint density at radius 2 is 1.96 bits per heavy atom. The second kappa shape index (κ2) is 9.06.